The summed E-state index contributed by atoms with van der Waals surface area (Å²) < 4.78 is 11.7. The number of methoxy groups -OCH3 is 2. The zero-order valence-corrected chi connectivity index (χ0v) is 19.8. The van der Waals surface area contributed by atoms with Gasteiger partial charge in [-0.15, -0.1) is 0 Å². The van der Waals surface area contributed by atoms with E-state index in [1.807, 2.05) is 65.6 Å². The van der Waals surface area contributed by atoms with E-state index < -0.39 is 0 Å². The first kappa shape index (κ1) is 22.9. The number of halogens is 1. The SMILES string of the molecule is COc1ccc(CCN(C(=O)c2cccc(Br)c2)C(C)Cc2ccccc2)cc1OC. The molecule has 0 fully saturated rings. The third-order valence-electron chi connectivity index (χ3n) is 5.33. The van der Waals surface area contributed by atoms with E-state index in [0.717, 1.165) is 22.9 Å². The Morgan fingerprint density at radius 3 is 2.32 bits per heavy atom. The Balaban J connectivity index is 1.82. The van der Waals surface area contributed by atoms with Crippen LogP contribution in [0, 0.1) is 0 Å². The van der Waals surface area contributed by atoms with Crippen molar-refractivity contribution in [3.63, 3.8) is 0 Å². The molecule has 0 heterocycles. The third kappa shape index (κ3) is 6.11. The lowest BCUT2D eigenvalue weighted by molar-refractivity contribution is 0.0694. The van der Waals surface area contributed by atoms with Gasteiger partial charge in [0, 0.05) is 22.6 Å². The Labute approximate surface area is 192 Å². The van der Waals surface area contributed by atoms with E-state index in [1.54, 1.807) is 14.2 Å². The van der Waals surface area contributed by atoms with Crippen molar-refractivity contribution in [3.05, 3.63) is 94.0 Å². The van der Waals surface area contributed by atoms with Crippen LogP contribution in [0.3, 0.4) is 0 Å². The molecule has 1 atom stereocenters. The van der Waals surface area contributed by atoms with Crippen LogP contribution in [0.15, 0.2) is 77.3 Å². The molecule has 0 aliphatic rings. The summed E-state index contributed by atoms with van der Waals surface area (Å²) in [5.41, 5.74) is 2.99. The number of nitrogens with zero attached hydrogens (tertiary/aromatic N) is 1. The molecule has 1 amide bonds. The first-order valence-corrected chi connectivity index (χ1v) is 11.1. The van der Waals surface area contributed by atoms with E-state index >= 15 is 0 Å². The molecule has 3 aromatic rings. The van der Waals surface area contributed by atoms with Crippen LogP contribution in [0.1, 0.15) is 28.4 Å². The van der Waals surface area contributed by atoms with Gasteiger partial charge in [0.1, 0.15) is 0 Å². The number of rotatable bonds is 9. The lowest BCUT2D eigenvalue weighted by Crippen LogP contribution is -2.41. The Bertz CT molecular complexity index is 1010. The molecule has 162 valence electrons. The van der Waals surface area contributed by atoms with Gasteiger partial charge in [-0.05, 0) is 61.2 Å². The highest BCUT2D eigenvalue weighted by Crippen LogP contribution is 2.28. The first-order valence-electron chi connectivity index (χ1n) is 10.3. The van der Waals surface area contributed by atoms with Crippen molar-refractivity contribution in [2.45, 2.75) is 25.8 Å². The summed E-state index contributed by atoms with van der Waals surface area (Å²) in [6, 6.07) is 23.8. The van der Waals surface area contributed by atoms with Gasteiger partial charge in [-0.3, -0.25) is 4.79 Å². The van der Waals surface area contributed by atoms with Gasteiger partial charge < -0.3 is 14.4 Å². The highest BCUT2D eigenvalue weighted by molar-refractivity contribution is 9.10. The van der Waals surface area contributed by atoms with E-state index in [9.17, 15) is 4.79 Å². The average Bonchev–Trinajstić information content (AvgIpc) is 2.79. The fourth-order valence-electron chi connectivity index (χ4n) is 3.66. The van der Waals surface area contributed by atoms with Crippen LogP contribution in [-0.4, -0.2) is 37.6 Å². The largest absolute Gasteiger partial charge is 0.493 e. The maximum Gasteiger partial charge on any atom is 0.254 e. The third-order valence-corrected chi connectivity index (χ3v) is 5.82. The lowest BCUT2D eigenvalue weighted by atomic mass is 10.0. The van der Waals surface area contributed by atoms with Gasteiger partial charge >= 0.3 is 0 Å². The monoisotopic (exact) mass is 481 g/mol. The summed E-state index contributed by atoms with van der Waals surface area (Å²) in [6.07, 6.45) is 1.52. The van der Waals surface area contributed by atoms with Crippen molar-refractivity contribution in [1.29, 1.82) is 0 Å². The minimum Gasteiger partial charge on any atom is -0.493 e. The Morgan fingerprint density at radius 2 is 1.65 bits per heavy atom. The molecule has 0 aliphatic heterocycles. The summed E-state index contributed by atoms with van der Waals surface area (Å²) in [7, 11) is 3.26. The van der Waals surface area contributed by atoms with Gasteiger partial charge in [-0.2, -0.15) is 0 Å². The smallest absolute Gasteiger partial charge is 0.254 e. The van der Waals surface area contributed by atoms with Crippen LogP contribution in [0.25, 0.3) is 0 Å². The number of carbonyl (C=O) groups excluding carboxylic acids is 1. The van der Waals surface area contributed by atoms with E-state index in [2.05, 4.69) is 35.0 Å². The van der Waals surface area contributed by atoms with Gasteiger partial charge in [-0.25, -0.2) is 0 Å². The summed E-state index contributed by atoms with van der Waals surface area (Å²) >= 11 is 3.48. The van der Waals surface area contributed by atoms with Crippen LogP contribution in [0.2, 0.25) is 0 Å². The minimum absolute atomic E-state index is 0.0326. The van der Waals surface area contributed by atoms with Crippen LogP contribution in [-0.2, 0) is 12.8 Å². The van der Waals surface area contributed by atoms with Crippen molar-refractivity contribution < 1.29 is 14.3 Å². The fraction of sp³-hybridized carbons (Fsp3) is 0.269. The standard InChI is InChI=1S/C26H28BrNO3/c1-19(16-20-8-5-4-6-9-20)28(26(29)22-10-7-11-23(27)18-22)15-14-21-12-13-24(30-2)25(17-21)31-3/h4-13,17-19H,14-16H2,1-3H3. The van der Waals surface area contributed by atoms with Crippen LogP contribution in [0.5, 0.6) is 11.5 Å². The van der Waals surface area contributed by atoms with E-state index in [1.165, 1.54) is 5.56 Å². The zero-order chi connectivity index (χ0) is 22.2. The van der Waals surface area contributed by atoms with Gasteiger partial charge in [-0.1, -0.05) is 58.4 Å². The Hall–Kier alpha value is -2.79. The number of hydrogen-bond donors (Lipinski definition) is 0. The van der Waals surface area contributed by atoms with Crippen molar-refractivity contribution >= 4 is 21.8 Å². The second-order valence-corrected chi connectivity index (χ2v) is 8.40. The summed E-state index contributed by atoms with van der Waals surface area (Å²) in [4.78, 5) is 15.4. The molecule has 4 nitrogen and oxygen atoms in total. The molecule has 3 aromatic carbocycles. The second kappa shape index (κ2) is 11.0. The summed E-state index contributed by atoms with van der Waals surface area (Å²) in [5.74, 6) is 1.43. The van der Waals surface area contributed by atoms with Crippen molar-refractivity contribution in [2.75, 3.05) is 20.8 Å². The second-order valence-electron chi connectivity index (χ2n) is 7.49. The van der Waals surface area contributed by atoms with Crippen LogP contribution >= 0.6 is 15.9 Å². The van der Waals surface area contributed by atoms with E-state index in [-0.39, 0.29) is 11.9 Å². The van der Waals surface area contributed by atoms with Gasteiger partial charge in [0.05, 0.1) is 14.2 Å². The molecule has 0 aliphatic carbocycles. The summed E-state index contributed by atoms with van der Waals surface area (Å²) in [6.45, 7) is 2.71. The maximum absolute atomic E-state index is 13.4. The molecule has 0 aromatic heterocycles. The van der Waals surface area contributed by atoms with Crippen molar-refractivity contribution in [2.24, 2.45) is 0 Å². The van der Waals surface area contributed by atoms with Crippen LogP contribution in [0.4, 0.5) is 0 Å². The molecule has 0 radical (unpaired) electrons. The molecule has 3 rings (SSSR count). The quantitative estimate of drug-likeness (QED) is 0.388. The zero-order valence-electron chi connectivity index (χ0n) is 18.2. The van der Waals surface area contributed by atoms with Crippen molar-refractivity contribution in [1.82, 2.24) is 4.90 Å². The van der Waals surface area contributed by atoms with E-state index in [4.69, 9.17) is 9.47 Å². The molecular formula is C26H28BrNO3. The van der Waals surface area contributed by atoms with Gasteiger partial charge in [0.25, 0.3) is 5.91 Å². The molecule has 0 bridgehead atoms. The maximum atomic E-state index is 13.4. The minimum atomic E-state index is 0.0326. The molecule has 1 unspecified atom stereocenters. The normalized spacial score (nSPS) is 11.6. The molecule has 0 spiro atoms. The van der Waals surface area contributed by atoms with Crippen LogP contribution < -0.4 is 9.47 Å². The molecule has 0 saturated carbocycles. The number of benzene rings is 3. The van der Waals surface area contributed by atoms with E-state index in [0.29, 0.717) is 23.6 Å². The number of ether oxygens (including phenoxy) is 2. The molecule has 31 heavy (non-hydrogen) atoms. The lowest BCUT2D eigenvalue weighted by Gasteiger charge is -2.30. The van der Waals surface area contributed by atoms with Crippen molar-refractivity contribution in [3.8, 4) is 11.5 Å². The fourth-order valence-corrected chi connectivity index (χ4v) is 4.06. The average molecular weight is 482 g/mol. The summed E-state index contributed by atoms with van der Waals surface area (Å²) in [5, 5.41) is 0. The predicted molar refractivity (Wildman–Crippen MR) is 128 cm³/mol. The van der Waals surface area contributed by atoms with Gasteiger partial charge in [0.2, 0.25) is 0 Å². The highest BCUT2D eigenvalue weighted by Gasteiger charge is 2.22. The topological polar surface area (TPSA) is 38.8 Å². The van der Waals surface area contributed by atoms with Gasteiger partial charge in [0.15, 0.2) is 11.5 Å². The predicted octanol–water partition coefficient (Wildman–Crippen LogP) is 5.78. The Kier molecular flexibility index (Phi) is 8.13. The molecule has 0 saturated heterocycles. The Morgan fingerprint density at radius 1 is 0.903 bits per heavy atom. The number of amides is 1. The number of carbonyl (C=O) groups is 1. The molecule has 0 N–H and O–H groups in total. The molecular weight excluding hydrogens is 454 g/mol. The number of hydrogen-bond acceptors (Lipinski definition) is 3. The first-order chi connectivity index (χ1) is 15.0. The highest BCUT2D eigenvalue weighted by atomic mass is 79.9. The molecule has 5 heteroatoms.